The lowest BCUT2D eigenvalue weighted by molar-refractivity contribution is 0.547. The zero-order valence-electron chi connectivity index (χ0n) is 11.5. The van der Waals surface area contributed by atoms with Crippen molar-refractivity contribution >= 4 is 10.0 Å². The second kappa shape index (κ2) is 5.60. The van der Waals surface area contributed by atoms with Gasteiger partial charge in [0.25, 0.3) is 0 Å². The third-order valence-corrected chi connectivity index (χ3v) is 4.88. The Balaban J connectivity index is 1.92. The molecule has 108 valence electrons. The molecule has 7 heteroatoms. The third kappa shape index (κ3) is 4.02. The molecule has 1 fully saturated rings. The molecule has 19 heavy (non-hydrogen) atoms. The van der Waals surface area contributed by atoms with Crippen LogP contribution in [0.4, 0.5) is 0 Å². The quantitative estimate of drug-likeness (QED) is 0.690. The fraction of sp³-hybridized carbons (Fsp3) is 0.750. The SMILES string of the molecule is CCNCCCn1cc(S(=O)(=O)NC2(C)CC2)cn1. The van der Waals surface area contributed by atoms with Crippen LogP contribution < -0.4 is 10.0 Å². The predicted molar refractivity (Wildman–Crippen MR) is 73.3 cm³/mol. The van der Waals surface area contributed by atoms with Gasteiger partial charge in [0.15, 0.2) is 0 Å². The highest BCUT2D eigenvalue weighted by Gasteiger charge is 2.41. The largest absolute Gasteiger partial charge is 0.317 e. The van der Waals surface area contributed by atoms with Gasteiger partial charge in [-0.15, -0.1) is 0 Å². The van der Waals surface area contributed by atoms with Crippen LogP contribution >= 0.6 is 0 Å². The number of nitrogens with zero attached hydrogens (tertiary/aromatic N) is 2. The van der Waals surface area contributed by atoms with Gasteiger partial charge < -0.3 is 5.32 Å². The number of aryl methyl sites for hydroxylation is 1. The Hall–Kier alpha value is -0.920. The Morgan fingerprint density at radius 2 is 2.21 bits per heavy atom. The Kier molecular flexibility index (Phi) is 4.27. The van der Waals surface area contributed by atoms with Crippen molar-refractivity contribution in [2.75, 3.05) is 13.1 Å². The summed E-state index contributed by atoms with van der Waals surface area (Å²) in [6.45, 7) is 6.56. The highest BCUT2D eigenvalue weighted by Crippen LogP contribution is 2.35. The van der Waals surface area contributed by atoms with Gasteiger partial charge in [-0.05, 0) is 39.3 Å². The number of aromatic nitrogens is 2. The van der Waals surface area contributed by atoms with Gasteiger partial charge in [0.05, 0.1) is 6.20 Å². The van der Waals surface area contributed by atoms with E-state index >= 15 is 0 Å². The smallest absolute Gasteiger partial charge is 0.244 e. The van der Waals surface area contributed by atoms with E-state index in [9.17, 15) is 8.42 Å². The van der Waals surface area contributed by atoms with E-state index in [0.717, 1.165) is 38.9 Å². The zero-order valence-corrected chi connectivity index (χ0v) is 12.3. The molecule has 0 unspecified atom stereocenters. The zero-order chi connectivity index (χ0) is 13.9. The summed E-state index contributed by atoms with van der Waals surface area (Å²) >= 11 is 0. The van der Waals surface area contributed by atoms with Gasteiger partial charge >= 0.3 is 0 Å². The van der Waals surface area contributed by atoms with Crippen molar-refractivity contribution in [2.45, 2.75) is 50.1 Å². The standard InChI is InChI=1S/C12H22N4O2S/c1-3-13-7-4-8-16-10-11(9-14-16)19(17,18)15-12(2)5-6-12/h9-10,13,15H,3-8H2,1-2H3. The van der Waals surface area contributed by atoms with Gasteiger partial charge in [-0.1, -0.05) is 6.92 Å². The molecule has 0 atom stereocenters. The van der Waals surface area contributed by atoms with Crippen molar-refractivity contribution in [2.24, 2.45) is 0 Å². The van der Waals surface area contributed by atoms with Crippen LogP contribution in [-0.2, 0) is 16.6 Å². The summed E-state index contributed by atoms with van der Waals surface area (Å²) < 4.78 is 28.6. The van der Waals surface area contributed by atoms with Crippen LogP contribution in [0.3, 0.4) is 0 Å². The summed E-state index contributed by atoms with van der Waals surface area (Å²) in [5, 5.41) is 7.32. The molecule has 0 radical (unpaired) electrons. The maximum Gasteiger partial charge on any atom is 0.244 e. The first-order valence-corrected chi connectivity index (χ1v) is 8.21. The first-order valence-electron chi connectivity index (χ1n) is 6.72. The van der Waals surface area contributed by atoms with Crippen LogP contribution in [0.1, 0.15) is 33.1 Å². The van der Waals surface area contributed by atoms with Crippen LogP contribution in [0, 0.1) is 0 Å². The van der Waals surface area contributed by atoms with Gasteiger partial charge in [0.2, 0.25) is 10.0 Å². The van der Waals surface area contributed by atoms with Crippen molar-refractivity contribution in [1.82, 2.24) is 19.8 Å². The summed E-state index contributed by atoms with van der Waals surface area (Å²) in [7, 11) is -3.42. The number of nitrogens with one attached hydrogen (secondary N) is 2. The second-order valence-corrected chi connectivity index (χ2v) is 6.99. The molecule has 6 nitrogen and oxygen atoms in total. The Morgan fingerprint density at radius 3 is 2.84 bits per heavy atom. The first-order chi connectivity index (χ1) is 8.95. The molecule has 0 saturated heterocycles. The van der Waals surface area contributed by atoms with E-state index in [1.165, 1.54) is 6.20 Å². The molecule has 1 aromatic rings. The van der Waals surface area contributed by atoms with Gasteiger partial charge in [-0.3, -0.25) is 4.68 Å². The minimum atomic E-state index is -3.42. The fourth-order valence-electron chi connectivity index (χ4n) is 1.82. The average molecular weight is 286 g/mol. The topological polar surface area (TPSA) is 76.0 Å². The van der Waals surface area contributed by atoms with Crippen molar-refractivity contribution in [1.29, 1.82) is 0 Å². The number of rotatable bonds is 8. The Labute approximate surface area is 114 Å². The molecule has 0 aromatic carbocycles. The summed E-state index contributed by atoms with van der Waals surface area (Å²) in [4.78, 5) is 0.254. The maximum absolute atomic E-state index is 12.1. The van der Waals surface area contributed by atoms with Crippen LogP contribution in [-0.4, -0.2) is 36.8 Å². The van der Waals surface area contributed by atoms with E-state index in [1.54, 1.807) is 10.9 Å². The number of hydrogen-bond acceptors (Lipinski definition) is 4. The summed E-state index contributed by atoms with van der Waals surface area (Å²) in [5.41, 5.74) is -0.244. The molecule has 1 heterocycles. The van der Waals surface area contributed by atoms with Crippen LogP contribution in [0.25, 0.3) is 0 Å². The van der Waals surface area contributed by atoms with E-state index in [0.29, 0.717) is 0 Å². The lowest BCUT2D eigenvalue weighted by Gasteiger charge is -2.10. The molecule has 0 amide bonds. The van der Waals surface area contributed by atoms with Gasteiger partial charge in [0.1, 0.15) is 4.90 Å². The molecule has 1 aliphatic rings. The number of sulfonamides is 1. The predicted octanol–water partition coefficient (Wildman–Crippen LogP) is 0.714. The second-order valence-electron chi connectivity index (χ2n) is 5.31. The maximum atomic E-state index is 12.1. The molecule has 0 bridgehead atoms. The van der Waals surface area contributed by atoms with Crippen LogP contribution in [0.15, 0.2) is 17.3 Å². The highest BCUT2D eigenvalue weighted by atomic mass is 32.2. The van der Waals surface area contributed by atoms with Gasteiger partial charge in [-0.2, -0.15) is 5.10 Å². The highest BCUT2D eigenvalue weighted by molar-refractivity contribution is 7.89. The van der Waals surface area contributed by atoms with E-state index in [-0.39, 0.29) is 10.4 Å². The number of hydrogen-bond donors (Lipinski definition) is 2. The minimum Gasteiger partial charge on any atom is -0.317 e. The monoisotopic (exact) mass is 286 g/mol. The summed E-state index contributed by atoms with van der Waals surface area (Å²) in [5.74, 6) is 0. The van der Waals surface area contributed by atoms with Gasteiger partial charge in [-0.25, -0.2) is 13.1 Å². The van der Waals surface area contributed by atoms with E-state index in [2.05, 4.69) is 22.1 Å². The van der Waals surface area contributed by atoms with Crippen molar-refractivity contribution in [3.05, 3.63) is 12.4 Å². The third-order valence-electron chi connectivity index (χ3n) is 3.29. The molecule has 1 aromatic heterocycles. The Bertz CT molecular complexity index is 520. The Morgan fingerprint density at radius 1 is 1.47 bits per heavy atom. The molecule has 1 aliphatic carbocycles. The van der Waals surface area contributed by atoms with Crippen molar-refractivity contribution < 1.29 is 8.42 Å². The van der Waals surface area contributed by atoms with Crippen molar-refractivity contribution in [3.63, 3.8) is 0 Å². The van der Waals surface area contributed by atoms with E-state index in [4.69, 9.17) is 0 Å². The lowest BCUT2D eigenvalue weighted by Crippen LogP contribution is -2.34. The molecule has 2 rings (SSSR count). The normalized spacial score (nSPS) is 17.6. The minimum absolute atomic E-state index is 0.244. The van der Waals surface area contributed by atoms with Crippen LogP contribution in [0.2, 0.25) is 0 Å². The molecule has 0 spiro atoms. The van der Waals surface area contributed by atoms with E-state index in [1.807, 2.05) is 6.92 Å². The first kappa shape index (κ1) is 14.5. The molecule has 2 N–H and O–H groups in total. The van der Waals surface area contributed by atoms with Crippen LogP contribution in [0.5, 0.6) is 0 Å². The summed E-state index contributed by atoms with van der Waals surface area (Å²) in [6, 6.07) is 0. The summed E-state index contributed by atoms with van der Waals surface area (Å²) in [6.07, 6.45) is 5.76. The molecule has 0 aliphatic heterocycles. The average Bonchev–Trinajstić information content (AvgIpc) is 2.88. The molecular weight excluding hydrogens is 264 g/mol. The van der Waals surface area contributed by atoms with E-state index < -0.39 is 10.0 Å². The molecule has 1 saturated carbocycles. The fourth-order valence-corrected chi connectivity index (χ4v) is 3.24. The molecular formula is C12H22N4O2S. The van der Waals surface area contributed by atoms with Gasteiger partial charge in [0, 0.05) is 18.3 Å². The lowest BCUT2D eigenvalue weighted by atomic mass is 10.4. The van der Waals surface area contributed by atoms with Crippen molar-refractivity contribution in [3.8, 4) is 0 Å².